The van der Waals surface area contributed by atoms with Gasteiger partial charge in [-0.1, -0.05) is 6.42 Å². The second kappa shape index (κ2) is 6.21. The Morgan fingerprint density at radius 1 is 1.19 bits per heavy atom. The first-order chi connectivity index (χ1) is 9.71. The van der Waals surface area contributed by atoms with E-state index in [4.69, 9.17) is 0 Å². The summed E-state index contributed by atoms with van der Waals surface area (Å²) in [6.07, 6.45) is -0.772. The van der Waals surface area contributed by atoms with Crippen molar-refractivity contribution in [3.8, 4) is 0 Å². The first-order valence-corrected chi connectivity index (χ1v) is 8.50. The molecule has 1 N–H and O–H groups in total. The Labute approximate surface area is 122 Å². The molecule has 2 atom stereocenters. The quantitative estimate of drug-likeness (QED) is 0.852. The van der Waals surface area contributed by atoms with Crippen molar-refractivity contribution < 1.29 is 26.4 Å². The summed E-state index contributed by atoms with van der Waals surface area (Å²) in [5.74, 6) is -0.340. The summed E-state index contributed by atoms with van der Waals surface area (Å²) in [4.78, 5) is 11.9. The molecule has 2 unspecified atom stereocenters. The van der Waals surface area contributed by atoms with E-state index in [1.54, 1.807) is 4.72 Å². The van der Waals surface area contributed by atoms with Crippen LogP contribution in [-0.2, 0) is 15.0 Å². The molecule has 1 aliphatic heterocycles. The molecule has 1 saturated carbocycles. The Bertz CT molecular complexity index is 492. The molecule has 122 valence electrons. The number of rotatable bonds is 4. The zero-order valence-electron chi connectivity index (χ0n) is 11.5. The van der Waals surface area contributed by atoms with Gasteiger partial charge in [0.2, 0.25) is 0 Å². The number of ketones is 1. The van der Waals surface area contributed by atoms with Gasteiger partial charge in [-0.25, -0.2) is 0 Å². The standard InChI is InChI=1S/C12H19F3N2O3S/c13-12(14,15)8-16-21(19,20)17-7-3-5-10(17)9-4-1-2-6-11(9)18/h9-10,16H,1-8H2. The first kappa shape index (κ1) is 16.7. The molecule has 0 bridgehead atoms. The van der Waals surface area contributed by atoms with Crippen LogP contribution in [0.1, 0.15) is 38.5 Å². The summed E-state index contributed by atoms with van der Waals surface area (Å²) in [5.41, 5.74) is 0. The molecule has 0 amide bonds. The van der Waals surface area contributed by atoms with E-state index in [-0.39, 0.29) is 18.2 Å². The summed E-state index contributed by atoms with van der Waals surface area (Å²) in [5, 5.41) is 0. The molecule has 0 aromatic rings. The summed E-state index contributed by atoms with van der Waals surface area (Å²) >= 11 is 0. The van der Waals surface area contributed by atoms with Crippen LogP contribution in [-0.4, -0.2) is 43.8 Å². The molecule has 0 aromatic heterocycles. The smallest absolute Gasteiger partial charge is 0.299 e. The minimum atomic E-state index is -4.59. The molecule has 0 aromatic carbocycles. The van der Waals surface area contributed by atoms with Gasteiger partial charge in [0.15, 0.2) is 0 Å². The molecule has 2 aliphatic rings. The first-order valence-electron chi connectivity index (χ1n) is 7.06. The number of hydrogen-bond donors (Lipinski definition) is 1. The highest BCUT2D eigenvalue weighted by atomic mass is 32.2. The van der Waals surface area contributed by atoms with Crippen molar-refractivity contribution in [3.63, 3.8) is 0 Å². The number of nitrogens with one attached hydrogen (secondary N) is 1. The lowest BCUT2D eigenvalue weighted by Gasteiger charge is -2.32. The summed E-state index contributed by atoms with van der Waals surface area (Å²) < 4.78 is 63.3. The van der Waals surface area contributed by atoms with E-state index in [1.807, 2.05) is 0 Å². The zero-order chi connectivity index (χ0) is 15.7. The normalized spacial score (nSPS) is 29.0. The molecule has 2 rings (SSSR count). The van der Waals surface area contributed by atoms with Gasteiger partial charge in [-0.05, 0) is 25.7 Å². The molecule has 1 aliphatic carbocycles. The Morgan fingerprint density at radius 2 is 1.90 bits per heavy atom. The van der Waals surface area contributed by atoms with Gasteiger partial charge >= 0.3 is 6.18 Å². The SMILES string of the molecule is O=C1CCCCC1C1CCCN1S(=O)(=O)NCC(F)(F)F. The van der Waals surface area contributed by atoms with Gasteiger partial charge in [0.05, 0.1) is 0 Å². The maximum atomic E-state index is 12.2. The maximum Gasteiger partial charge on any atom is 0.402 e. The average molecular weight is 328 g/mol. The van der Waals surface area contributed by atoms with Crippen molar-refractivity contribution in [1.82, 2.24) is 9.03 Å². The van der Waals surface area contributed by atoms with Crippen molar-refractivity contribution in [2.75, 3.05) is 13.1 Å². The van der Waals surface area contributed by atoms with Gasteiger partial charge in [-0.3, -0.25) is 4.79 Å². The van der Waals surface area contributed by atoms with Gasteiger partial charge in [0.25, 0.3) is 10.2 Å². The van der Waals surface area contributed by atoms with E-state index in [1.165, 1.54) is 0 Å². The van der Waals surface area contributed by atoms with Crippen LogP contribution in [0.25, 0.3) is 0 Å². The van der Waals surface area contributed by atoms with Crippen LogP contribution in [0.2, 0.25) is 0 Å². The summed E-state index contributed by atoms with van der Waals surface area (Å²) in [6.45, 7) is -1.42. The third-order valence-electron chi connectivity index (χ3n) is 4.08. The van der Waals surface area contributed by atoms with E-state index in [0.29, 0.717) is 25.7 Å². The number of halogens is 3. The fourth-order valence-corrected chi connectivity index (χ4v) is 4.63. The van der Waals surface area contributed by atoms with Crippen molar-refractivity contribution in [1.29, 1.82) is 0 Å². The second-order valence-corrected chi connectivity index (χ2v) is 7.29. The number of Topliss-reactive ketones (excluding diaryl/α,β-unsaturated/α-hetero) is 1. The fourth-order valence-electron chi connectivity index (χ4n) is 3.14. The molecule has 0 spiro atoms. The van der Waals surface area contributed by atoms with E-state index >= 15 is 0 Å². The summed E-state index contributed by atoms with van der Waals surface area (Å²) in [7, 11) is -4.20. The predicted molar refractivity (Wildman–Crippen MR) is 69.7 cm³/mol. The van der Waals surface area contributed by atoms with Crippen molar-refractivity contribution in [2.24, 2.45) is 5.92 Å². The fraction of sp³-hybridized carbons (Fsp3) is 0.917. The molecule has 0 radical (unpaired) electrons. The van der Waals surface area contributed by atoms with Crippen molar-refractivity contribution in [3.05, 3.63) is 0 Å². The highest BCUT2D eigenvalue weighted by Gasteiger charge is 2.43. The monoisotopic (exact) mass is 328 g/mol. The van der Waals surface area contributed by atoms with Crippen molar-refractivity contribution >= 4 is 16.0 Å². The average Bonchev–Trinajstić information content (AvgIpc) is 2.86. The van der Waals surface area contributed by atoms with Crippen LogP contribution >= 0.6 is 0 Å². The zero-order valence-corrected chi connectivity index (χ0v) is 12.3. The highest BCUT2D eigenvalue weighted by Crippen LogP contribution is 2.33. The third kappa shape index (κ3) is 4.17. The topological polar surface area (TPSA) is 66.5 Å². The summed E-state index contributed by atoms with van der Waals surface area (Å²) in [6, 6.07) is -0.497. The van der Waals surface area contributed by atoms with E-state index < -0.39 is 29.0 Å². The highest BCUT2D eigenvalue weighted by molar-refractivity contribution is 7.87. The molecular formula is C12H19F3N2O3S. The van der Waals surface area contributed by atoms with E-state index in [2.05, 4.69) is 0 Å². The largest absolute Gasteiger partial charge is 0.402 e. The van der Waals surface area contributed by atoms with Crippen LogP contribution in [0, 0.1) is 5.92 Å². The van der Waals surface area contributed by atoms with Crippen molar-refractivity contribution in [2.45, 2.75) is 50.7 Å². The third-order valence-corrected chi connectivity index (χ3v) is 5.66. The lowest BCUT2D eigenvalue weighted by Crippen LogP contribution is -2.49. The Kier molecular flexibility index (Phi) is 4.94. The molecular weight excluding hydrogens is 309 g/mol. The van der Waals surface area contributed by atoms with Crippen LogP contribution < -0.4 is 4.72 Å². The lowest BCUT2D eigenvalue weighted by atomic mass is 9.82. The second-order valence-electron chi connectivity index (χ2n) is 5.58. The number of carbonyl (C=O) groups is 1. The van der Waals surface area contributed by atoms with Gasteiger partial charge in [0, 0.05) is 24.9 Å². The van der Waals surface area contributed by atoms with Crippen LogP contribution in [0.4, 0.5) is 13.2 Å². The molecule has 5 nitrogen and oxygen atoms in total. The van der Waals surface area contributed by atoms with E-state index in [9.17, 15) is 26.4 Å². The predicted octanol–water partition coefficient (Wildman–Crippen LogP) is 1.61. The van der Waals surface area contributed by atoms with Gasteiger partial charge in [0.1, 0.15) is 12.3 Å². The van der Waals surface area contributed by atoms with Crippen LogP contribution in [0.3, 0.4) is 0 Å². The number of alkyl halides is 3. The molecule has 9 heteroatoms. The Hall–Kier alpha value is -0.670. The number of carbonyl (C=O) groups excluding carboxylic acids is 1. The van der Waals surface area contributed by atoms with Gasteiger partial charge in [-0.2, -0.15) is 30.6 Å². The lowest BCUT2D eigenvalue weighted by molar-refractivity contribution is -0.126. The Morgan fingerprint density at radius 3 is 2.52 bits per heavy atom. The molecule has 1 saturated heterocycles. The number of nitrogens with zero attached hydrogens (tertiary/aromatic N) is 1. The van der Waals surface area contributed by atoms with Crippen LogP contribution in [0.15, 0.2) is 0 Å². The minimum Gasteiger partial charge on any atom is -0.299 e. The molecule has 1 heterocycles. The Balaban J connectivity index is 2.08. The molecule has 2 fully saturated rings. The molecule has 21 heavy (non-hydrogen) atoms. The minimum absolute atomic E-state index is 0.0316. The van der Waals surface area contributed by atoms with E-state index in [0.717, 1.165) is 17.1 Å². The van der Waals surface area contributed by atoms with Gasteiger partial charge < -0.3 is 0 Å². The van der Waals surface area contributed by atoms with Crippen LogP contribution in [0.5, 0.6) is 0 Å². The maximum absolute atomic E-state index is 12.2. The van der Waals surface area contributed by atoms with Gasteiger partial charge in [-0.15, -0.1) is 0 Å². The number of hydrogen-bond acceptors (Lipinski definition) is 3.